The molecule has 1 saturated heterocycles. The second kappa shape index (κ2) is 11.0. The van der Waals surface area contributed by atoms with Crippen molar-refractivity contribution in [3.63, 3.8) is 0 Å². The molecule has 0 aliphatic carbocycles. The summed E-state index contributed by atoms with van der Waals surface area (Å²) in [4.78, 5) is 2.51. The van der Waals surface area contributed by atoms with Gasteiger partial charge in [-0.1, -0.05) is 24.6 Å². The minimum atomic E-state index is -1.55. The summed E-state index contributed by atoms with van der Waals surface area (Å²) >= 11 is -1.55. The van der Waals surface area contributed by atoms with E-state index in [1.54, 1.807) is 6.08 Å². The van der Waals surface area contributed by atoms with Gasteiger partial charge in [0.15, 0.2) is 11.7 Å². The average Bonchev–Trinajstić information content (AvgIpc) is 3.06. The van der Waals surface area contributed by atoms with E-state index in [4.69, 9.17) is 4.74 Å². The van der Waals surface area contributed by atoms with E-state index >= 15 is 0 Å². The highest BCUT2D eigenvalue weighted by atomic mass is 32.2. The lowest BCUT2D eigenvalue weighted by molar-refractivity contribution is 0.220. The van der Waals surface area contributed by atoms with Gasteiger partial charge < -0.3 is 15.4 Å². The molecule has 3 rings (SSSR count). The fourth-order valence-electron chi connectivity index (χ4n) is 3.24. The fraction of sp³-hybridized carbons (Fsp3) is 0.500. The number of nitrogens with zero attached hydrogens (tertiary/aromatic N) is 3. The molecule has 0 amide bonds. The molecule has 152 valence electrons. The van der Waals surface area contributed by atoms with Crippen LogP contribution in [0.2, 0.25) is 0 Å². The molecule has 2 heterocycles. The van der Waals surface area contributed by atoms with Gasteiger partial charge in [0.25, 0.3) is 11.2 Å². The zero-order valence-electron chi connectivity index (χ0n) is 16.2. The van der Waals surface area contributed by atoms with E-state index in [1.165, 1.54) is 37.9 Å². The van der Waals surface area contributed by atoms with Crippen molar-refractivity contribution in [3.05, 3.63) is 42.5 Å². The molecule has 0 saturated carbocycles. The minimum Gasteiger partial charge on any atom is -0.494 e. The van der Waals surface area contributed by atoms with Gasteiger partial charge in [-0.15, -0.1) is 15.4 Å². The summed E-state index contributed by atoms with van der Waals surface area (Å²) in [5.74, 6) is 1.96. The van der Waals surface area contributed by atoms with E-state index in [1.807, 2.05) is 6.07 Å². The summed E-state index contributed by atoms with van der Waals surface area (Å²) in [5.41, 5.74) is 1.30. The summed E-state index contributed by atoms with van der Waals surface area (Å²) in [7, 11) is 0. The van der Waals surface area contributed by atoms with Crippen LogP contribution in [-0.4, -0.2) is 53.6 Å². The third-order valence-corrected chi connectivity index (χ3v) is 5.29. The van der Waals surface area contributed by atoms with E-state index in [9.17, 15) is 4.21 Å². The summed E-state index contributed by atoms with van der Waals surface area (Å²) < 4.78 is 25.3. The third-order valence-electron chi connectivity index (χ3n) is 4.61. The Labute approximate surface area is 169 Å². The Morgan fingerprint density at radius 1 is 1.18 bits per heavy atom. The highest BCUT2D eigenvalue weighted by Gasteiger charge is 2.17. The Kier molecular flexibility index (Phi) is 8.05. The molecule has 0 spiro atoms. The predicted molar refractivity (Wildman–Crippen MR) is 115 cm³/mol. The Hall–Kier alpha value is -2.19. The molecule has 0 bridgehead atoms. The number of hydrogen-bond acceptors (Lipinski definition) is 5. The van der Waals surface area contributed by atoms with Crippen molar-refractivity contribution in [2.24, 2.45) is 8.80 Å². The van der Waals surface area contributed by atoms with E-state index < -0.39 is 11.2 Å². The van der Waals surface area contributed by atoms with Crippen LogP contribution in [0, 0.1) is 0 Å². The van der Waals surface area contributed by atoms with Crippen molar-refractivity contribution >= 4 is 22.8 Å². The second-order valence-electron chi connectivity index (χ2n) is 6.89. The maximum Gasteiger partial charge on any atom is 0.269 e. The summed E-state index contributed by atoms with van der Waals surface area (Å²) in [6.07, 6.45) is 6.48. The molecular formula is C20H29N5O2S. The van der Waals surface area contributed by atoms with Gasteiger partial charge in [0.2, 0.25) is 0 Å². The summed E-state index contributed by atoms with van der Waals surface area (Å²) in [6.45, 7) is 8.84. The van der Waals surface area contributed by atoms with E-state index in [0.717, 1.165) is 18.7 Å². The van der Waals surface area contributed by atoms with Crippen LogP contribution < -0.4 is 15.4 Å². The number of rotatable bonds is 9. The Morgan fingerprint density at radius 2 is 1.96 bits per heavy atom. The van der Waals surface area contributed by atoms with Crippen LogP contribution in [0.3, 0.4) is 0 Å². The molecule has 2 aliphatic heterocycles. The topological polar surface area (TPSA) is 78.3 Å². The van der Waals surface area contributed by atoms with Gasteiger partial charge in [-0.3, -0.25) is 4.90 Å². The normalized spacial score (nSPS) is 19.6. The molecule has 0 aromatic heterocycles. The van der Waals surface area contributed by atoms with E-state index in [0.29, 0.717) is 31.4 Å². The van der Waals surface area contributed by atoms with Crippen molar-refractivity contribution in [2.45, 2.75) is 32.2 Å². The zero-order chi connectivity index (χ0) is 19.6. The van der Waals surface area contributed by atoms with Crippen LogP contribution in [0.5, 0.6) is 5.75 Å². The number of likely N-dealkylation sites (tertiary alicyclic amines) is 1. The van der Waals surface area contributed by atoms with Gasteiger partial charge in [0.1, 0.15) is 5.75 Å². The summed E-state index contributed by atoms with van der Waals surface area (Å²) in [5, 5.41) is 6.19. The SMILES string of the molecule is C=CCNC1=NS(=O)N=C1NCCCOc1cccc(CN2CCCCC2)c1. The third kappa shape index (κ3) is 6.45. The lowest BCUT2D eigenvalue weighted by Gasteiger charge is -2.26. The zero-order valence-corrected chi connectivity index (χ0v) is 17.0. The quantitative estimate of drug-likeness (QED) is 0.488. The number of ether oxygens (including phenoxy) is 1. The van der Waals surface area contributed by atoms with Gasteiger partial charge >= 0.3 is 0 Å². The molecule has 28 heavy (non-hydrogen) atoms. The molecule has 1 aromatic rings. The van der Waals surface area contributed by atoms with Gasteiger partial charge in [-0.2, -0.15) is 0 Å². The second-order valence-corrected chi connectivity index (χ2v) is 7.72. The molecule has 1 fully saturated rings. The monoisotopic (exact) mass is 403 g/mol. The first-order valence-corrected chi connectivity index (χ1v) is 10.9. The first kappa shape index (κ1) is 20.5. The Balaban J connectivity index is 1.37. The van der Waals surface area contributed by atoms with Crippen molar-refractivity contribution < 1.29 is 8.95 Å². The molecule has 0 radical (unpaired) electrons. The molecule has 1 aromatic carbocycles. The van der Waals surface area contributed by atoms with E-state index in [2.05, 4.69) is 49.1 Å². The Bertz CT molecular complexity index is 744. The van der Waals surface area contributed by atoms with Gasteiger partial charge in [0, 0.05) is 19.6 Å². The molecule has 1 unspecified atom stereocenters. The molecule has 2 aliphatic rings. The van der Waals surface area contributed by atoms with Crippen LogP contribution in [0.4, 0.5) is 0 Å². The number of nitrogens with one attached hydrogen (secondary N) is 2. The average molecular weight is 404 g/mol. The van der Waals surface area contributed by atoms with Crippen LogP contribution in [-0.2, 0) is 17.7 Å². The lowest BCUT2D eigenvalue weighted by atomic mass is 10.1. The van der Waals surface area contributed by atoms with Gasteiger partial charge in [-0.05, 0) is 50.0 Å². The van der Waals surface area contributed by atoms with Crippen molar-refractivity contribution in [1.82, 2.24) is 15.5 Å². The van der Waals surface area contributed by atoms with Crippen LogP contribution in [0.1, 0.15) is 31.2 Å². The molecule has 8 heteroatoms. The lowest BCUT2D eigenvalue weighted by Crippen LogP contribution is -2.39. The smallest absolute Gasteiger partial charge is 0.269 e. The largest absolute Gasteiger partial charge is 0.494 e. The predicted octanol–water partition coefficient (Wildman–Crippen LogP) is 2.20. The first-order valence-electron chi connectivity index (χ1n) is 9.87. The minimum absolute atomic E-state index is 0.518. The van der Waals surface area contributed by atoms with Crippen molar-refractivity contribution in [1.29, 1.82) is 0 Å². The maximum absolute atomic E-state index is 11.5. The Morgan fingerprint density at radius 3 is 2.75 bits per heavy atom. The fourth-order valence-corrected chi connectivity index (χ4v) is 3.90. The first-order chi connectivity index (χ1) is 13.7. The number of amidine groups is 2. The van der Waals surface area contributed by atoms with Crippen molar-refractivity contribution in [2.75, 3.05) is 32.8 Å². The highest BCUT2D eigenvalue weighted by Crippen LogP contribution is 2.17. The van der Waals surface area contributed by atoms with Crippen LogP contribution >= 0.6 is 0 Å². The van der Waals surface area contributed by atoms with Crippen LogP contribution in [0.25, 0.3) is 0 Å². The highest BCUT2D eigenvalue weighted by molar-refractivity contribution is 7.83. The summed E-state index contributed by atoms with van der Waals surface area (Å²) in [6, 6.07) is 8.36. The number of piperidine rings is 1. The standard InChI is InChI=1S/C20H29N5O2S/c1-2-10-21-19-20(24-28(26)23-19)22-11-7-14-27-18-9-6-8-17(15-18)16-25-12-4-3-5-13-25/h2,6,8-9,15H,1,3-5,7,10-14,16H2,(H,21,23)(H,22,24). The number of benzene rings is 1. The van der Waals surface area contributed by atoms with Gasteiger partial charge in [-0.25, -0.2) is 4.21 Å². The molecule has 2 N–H and O–H groups in total. The van der Waals surface area contributed by atoms with Gasteiger partial charge in [0.05, 0.1) is 6.61 Å². The molecular weight excluding hydrogens is 374 g/mol. The van der Waals surface area contributed by atoms with E-state index in [-0.39, 0.29) is 0 Å². The van der Waals surface area contributed by atoms with Crippen molar-refractivity contribution in [3.8, 4) is 5.75 Å². The van der Waals surface area contributed by atoms with Crippen LogP contribution in [0.15, 0.2) is 45.7 Å². The molecule has 1 atom stereocenters. The molecule has 7 nitrogen and oxygen atoms in total. The maximum atomic E-state index is 11.5. The number of hydrogen-bond donors (Lipinski definition) is 2.